The van der Waals surface area contributed by atoms with Crippen LogP contribution in [-0.2, 0) is 32.5 Å². The molecule has 20 heavy (non-hydrogen) atoms. The Kier molecular flexibility index (Phi) is 4.77. The molecule has 110 valence electrons. The van der Waals surface area contributed by atoms with E-state index in [0.717, 1.165) is 11.1 Å². The molecule has 2 rings (SSSR count). The average Bonchev–Trinajstić information content (AvgIpc) is 2.77. The quantitative estimate of drug-likeness (QED) is 0.876. The van der Waals surface area contributed by atoms with E-state index in [0.29, 0.717) is 19.6 Å². The number of carbonyl (C=O) groups excluding carboxylic acids is 1. The summed E-state index contributed by atoms with van der Waals surface area (Å²) in [5, 5.41) is 2.80. The minimum Gasteiger partial charge on any atom is -0.380 e. The third-order valence-corrected chi connectivity index (χ3v) is 5.14. The van der Waals surface area contributed by atoms with Gasteiger partial charge in [0.05, 0.1) is 24.0 Å². The highest BCUT2D eigenvalue weighted by Crippen LogP contribution is 2.18. The van der Waals surface area contributed by atoms with Crippen molar-refractivity contribution in [2.45, 2.75) is 19.6 Å². The Hall–Kier alpha value is -1.40. The number of ether oxygens (including phenoxy) is 1. The molecule has 1 amide bonds. The van der Waals surface area contributed by atoms with Crippen LogP contribution < -0.4 is 5.32 Å². The number of hydrogen-bond donors (Lipinski definition) is 1. The maximum Gasteiger partial charge on any atom is 0.224 e. The van der Waals surface area contributed by atoms with Crippen LogP contribution in [0.2, 0.25) is 0 Å². The molecule has 5 nitrogen and oxygen atoms in total. The van der Waals surface area contributed by atoms with Gasteiger partial charge in [-0.05, 0) is 17.5 Å². The predicted octanol–water partition coefficient (Wildman–Crippen LogP) is 0.884. The molecule has 0 unspecified atom stereocenters. The molecule has 0 aliphatic carbocycles. The summed E-state index contributed by atoms with van der Waals surface area (Å²) in [5.74, 6) is -0.484. The third kappa shape index (κ3) is 4.05. The summed E-state index contributed by atoms with van der Waals surface area (Å²) in [6, 6.07) is 7.76. The van der Waals surface area contributed by atoms with Gasteiger partial charge in [-0.15, -0.1) is 0 Å². The monoisotopic (exact) mass is 297 g/mol. The van der Waals surface area contributed by atoms with Crippen LogP contribution in [0.1, 0.15) is 17.5 Å². The van der Waals surface area contributed by atoms with Crippen molar-refractivity contribution >= 4 is 15.7 Å². The van der Waals surface area contributed by atoms with Crippen LogP contribution in [0.25, 0.3) is 0 Å². The lowest BCUT2D eigenvalue weighted by atomic mass is 10.1. The van der Waals surface area contributed by atoms with Crippen molar-refractivity contribution in [3.63, 3.8) is 0 Å². The van der Waals surface area contributed by atoms with Crippen LogP contribution in [0.15, 0.2) is 24.3 Å². The Morgan fingerprint density at radius 1 is 1.40 bits per heavy atom. The van der Waals surface area contributed by atoms with Crippen molar-refractivity contribution in [2.75, 3.05) is 18.6 Å². The van der Waals surface area contributed by atoms with Gasteiger partial charge in [-0.2, -0.15) is 0 Å². The van der Waals surface area contributed by atoms with Gasteiger partial charge in [0.1, 0.15) is 0 Å². The van der Waals surface area contributed by atoms with Gasteiger partial charge in [0.15, 0.2) is 9.84 Å². The molecule has 1 saturated heterocycles. The van der Waals surface area contributed by atoms with Gasteiger partial charge >= 0.3 is 0 Å². The van der Waals surface area contributed by atoms with Gasteiger partial charge < -0.3 is 10.1 Å². The second-order valence-electron chi connectivity index (χ2n) is 5.07. The van der Waals surface area contributed by atoms with E-state index < -0.39 is 15.8 Å². The van der Waals surface area contributed by atoms with Crippen molar-refractivity contribution in [2.24, 2.45) is 5.92 Å². The van der Waals surface area contributed by atoms with E-state index in [1.807, 2.05) is 24.3 Å². The zero-order valence-corrected chi connectivity index (χ0v) is 12.3. The summed E-state index contributed by atoms with van der Waals surface area (Å²) >= 11 is 0. The summed E-state index contributed by atoms with van der Waals surface area (Å²) < 4.78 is 27.7. The highest BCUT2D eigenvalue weighted by atomic mass is 32.2. The second kappa shape index (κ2) is 6.37. The summed E-state index contributed by atoms with van der Waals surface area (Å²) in [5.41, 5.74) is 2.02. The predicted molar refractivity (Wildman–Crippen MR) is 75.8 cm³/mol. The summed E-state index contributed by atoms with van der Waals surface area (Å²) in [7, 11) is -1.38. The van der Waals surface area contributed by atoms with Gasteiger partial charge in [-0.3, -0.25) is 4.79 Å². The van der Waals surface area contributed by atoms with E-state index in [2.05, 4.69) is 5.32 Å². The topological polar surface area (TPSA) is 72.5 Å². The summed E-state index contributed by atoms with van der Waals surface area (Å²) in [4.78, 5) is 11.9. The highest BCUT2D eigenvalue weighted by Gasteiger charge is 2.32. The SMILES string of the molecule is COCc1cccc(CNC(=O)[C@@H]2CCS(=O)(=O)C2)c1. The van der Waals surface area contributed by atoms with Crippen molar-refractivity contribution in [1.29, 1.82) is 0 Å². The number of rotatable bonds is 5. The molecule has 6 heteroatoms. The summed E-state index contributed by atoms with van der Waals surface area (Å²) in [6.07, 6.45) is 0.428. The Morgan fingerprint density at radius 2 is 2.15 bits per heavy atom. The van der Waals surface area contributed by atoms with Gasteiger partial charge in [0.2, 0.25) is 5.91 Å². The van der Waals surface area contributed by atoms with E-state index in [1.165, 1.54) is 0 Å². The molecule has 0 bridgehead atoms. The highest BCUT2D eigenvalue weighted by molar-refractivity contribution is 7.91. The smallest absolute Gasteiger partial charge is 0.224 e. The molecule has 1 N–H and O–H groups in total. The number of hydrogen-bond acceptors (Lipinski definition) is 4. The van der Waals surface area contributed by atoms with E-state index in [1.54, 1.807) is 7.11 Å². The first-order chi connectivity index (χ1) is 9.50. The summed E-state index contributed by atoms with van der Waals surface area (Å²) in [6.45, 7) is 0.940. The number of carbonyl (C=O) groups is 1. The van der Waals surface area contributed by atoms with Crippen molar-refractivity contribution in [3.05, 3.63) is 35.4 Å². The lowest BCUT2D eigenvalue weighted by molar-refractivity contribution is -0.124. The molecular weight excluding hydrogens is 278 g/mol. The number of sulfone groups is 1. The fraction of sp³-hybridized carbons (Fsp3) is 0.500. The minimum absolute atomic E-state index is 0.0253. The number of amides is 1. The van der Waals surface area contributed by atoms with E-state index in [4.69, 9.17) is 4.74 Å². The average molecular weight is 297 g/mol. The molecule has 0 saturated carbocycles. The van der Waals surface area contributed by atoms with Crippen LogP contribution in [0.3, 0.4) is 0 Å². The molecule has 1 aliphatic heterocycles. The van der Waals surface area contributed by atoms with Gasteiger partial charge in [0.25, 0.3) is 0 Å². The molecule has 1 atom stereocenters. The van der Waals surface area contributed by atoms with Gasteiger partial charge in [-0.25, -0.2) is 8.42 Å². The number of methoxy groups -OCH3 is 1. The molecule has 1 heterocycles. The van der Waals surface area contributed by atoms with Crippen LogP contribution in [0.4, 0.5) is 0 Å². The maximum absolute atomic E-state index is 11.9. The Morgan fingerprint density at radius 3 is 2.80 bits per heavy atom. The minimum atomic E-state index is -3.01. The number of benzene rings is 1. The normalized spacial score (nSPS) is 20.8. The molecule has 0 radical (unpaired) electrons. The van der Waals surface area contributed by atoms with Crippen molar-refractivity contribution < 1.29 is 17.9 Å². The standard InChI is InChI=1S/C14H19NO4S/c1-19-9-12-4-2-3-11(7-12)8-15-14(16)13-5-6-20(17,18)10-13/h2-4,7,13H,5-6,8-10H2,1H3,(H,15,16)/t13-/m1/s1. The third-order valence-electron chi connectivity index (χ3n) is 3.37. The fourth-order valence-corrected chi connectivity index (χ4v) is 4.07. The van der Waals surface area contributed by atoms with E-state index in [-0.39, 0.29) is 17.4 Å². The molecule has 0 spiro atoms. The lowest BCUT2D eigenvalue weighted by Gasteiger charge is -2.10. The molecule has 0 aromatic heterocycles. The van der Waals surface area contributed by atoms with Crippen LogP contribution >= 0.6 is 0 Å². The van der Waals surface area contributed by atoms with E-state index >= 15 is 0 Å². The van der Waals surface area contributed by atoms with Crippen LogP contribution in [0, 0.1) is 5.92 Å². The van der Waals surface area contributed by atoms with Crippen LogP contribution in [0.5, 0.6) is 0 Å². The molecular formula is C14H19NO4S. The molecule has 1 fully saturated rings. The first kappa shape index (κ1) is 15.0. The Labute approximate surface area is 119 Å². The number of nitrogens with one attached hydrogen (secondary N) is 1. The molecule has 1 aromatic carbocycles. The Balaban J connectivity index is 1.89. The zero-order valence-electron chi connectivity index (χ0n) is 11.5. The van der Waals surface area contributed by atoms with Gasteiger partial charge in [-0.1, -0.05) is 24.3 Å². The fourth-order valence-electron chi connectivity index (χ4n) is 2.33. The van der Waals surface area contributed by atoms with Crippen molar-refractivity contribution in [3.8, 4) is 0 Å². The largest absolute Gasteiger partial charge is 0.380 e. The molecule has 1 aliphatic rings. The van der Waals surface area contributed by atoms with Gasteiger partial charge in [0, 0.05) is 13.7 Å². The zero-order chi connectivity index (χ0) is 14.6. The first-order valence-corrected chi connectivity index (χ1v) is 8.37. The Bertz CT molecular complexity index is 583. The molecule has 1 aromatic rings. The lowest BCUT2D eigenvalue weighted by Crippen LogP contribution is -2.30. The maximum atomic E-state index is 11.9. The second-order valence-corrected chi connectivity index (χ2v) is 7.30. The van der Waals surface area contributed by atoms with Crippen molar-refractivity contribution in [1.82, 2.24) is 5.32 Å². The van der Waals surface area contributed by atoms with E-state index in [9.17, 15) is 13.2 Å². The van der Waals surface area contributed by atoms with Crippen LogP contribution in [-0.4, -0.2) is 32.9 Å². The first-order valence-electron chi connectivity index (χ1n) is 6.55.